The molecule has 0 atom stereocenters. The molecular weight excluding hydrogens is 839 g/mol. The Balaban J connectivity index is -0.000000799. The Labute approximate surface area is 436 Å². The van der Waals surface area contributed by atoms with E-state index in [0.29, 0.717) is 29.8 Å². The van der Waals surface area contributed by atoms with Gasteiger partial charge in [-0.15, -0.1) is 0 Å². The summed E-state index contributed by atoms with van der Waals surface area (Å²) in [5, 5.41) is 19.1. The van der Waals surface area contributed by atoms with Gasteiger partial charge in [-0.1, -0.05) is 130 Å². The van der Waals surface area contributed by atoms with E-state index in [4.69, 9.17) is 14.8 Å². The number of hydrogen-bond acceptors (Lipinski definition) is 9. The molecule has 0 fully saturated rings. The van der Waals surface area contributed by atoms with Gasteiger partial charge in [0.05, 0.1) is 11.1 Å². The van der Waals surface area contributed by atoms with Gasteiger partial charge in [0.25, 0.3) is 6.47 Å². The number of carbonyl (C=O) groups excluding carboxylic acids is 3. The van der Waals surface area contributed by atoms with E-state index in [1.165, 1.54) is 31.2 Å². The van der Waals surface area contributed by atoms with Crippen molar-refractivity contribution in [2.45, 2.75) is 91.0 Å². The number of aromatic hydroxyl groups is 1. The number of benzene rings is 4. The summed E-state index contributed by atoms with van der Waals surface area (Å²) in [6.07, 6.45) is 10.8. The number of carbonyl (C=O) groups is 3. The van der Waals surface area contributed by atoms with Gasteiger partial charge in [-0.3, -0.25) is 14.4 Å². The first-order chi connectivity index (χ1) is 26.8. The molecule has 0 heterocycles. The van der Waals surface area contributed by atoms with Gasteiger partial charge in [-0.2, -0.15) is 0 Å². The molecule has 57 heavy (non-hydrogen) atoms. The van der Waals surface area contributed by atoms with Crippen LogP contribution >= 0.6 is 15.9 Å². The van der Waals surface area contributed by atoms with Crippen molar-refractivity contribution in [3.63, 3.8) is 0 Å². The van der Waals surface area contributed by atoms with Crippen LogP contribution in [0.15, 0.2) is 97.1 Å². The number of unbranched alkanes of at least 4 members (excludes halogenated alkanes) is 4. The zero-order chi connectivity index (χ0) is 40.5. The SMILES string of the molecule is BrCc1ccccc1.CCCCN(CCCC)c1ccc(C=O)c(O)c1.CCCCN(CCCC)c1ccc(C=O)c(OCc2ccccc2)c1.O=CO[O-].[H-].[K+].[K+]. The first kappa shape index (κ1) is 57.7. The topological polar surface area (TPSA) is 119 Å². The van der Waals surface area contributed by atoms with Gasteiger partial charge in [-0.25, -0.2) is 0 Å². The van der Waals surface area contributed by atoms with Crippen molar-refractivity contribution in [1.82, 2.24) is 0 Å². The number of hydrogen-bond donors (Lipinski definition) is 1. The first-order valence-electron chi connectivity index (χ1n) is 19.2. The Morgan fingerprint density at radius 2 is 1.04 bits per heavy atom. The molecule has 0 saturated heterocycles. The Hall–Kier alpha value is -1.40. The summed E-state index contributed by atoms with van der Waals surface area (Å²) in [6, 6.07) is 31.5. The summed E-state index contributed by atoms with van der Waals surface area (Å²) in [6.45, 7) is 13.1. The number of alkyl halides is 1. The average molecular weight is 900 g/mol. The number of phenolic OH excluding ortho intramolecular Hbond substituents is 1. The molecule has 1 N–H and O–H groups in total. The van der Waals surface area contributed by atoms with Gasteiger partial charge in [-0.05, 0) is 61.1 Å². The van der Waals surface area contributed by atoms with Crippen LogP contribution in [0.5, 0.6) is 11.5 Å². The Morgan fingerprint density at radius 1 is 0.632 bits per heavy atom. The molecule has 0 bridgehead atoms. The van der Waals surface area contributed by atoms with E-state index >= 15 is 0 Å². The fourth-order valence-electron chi connectivity index (χ4n) is 5.21. The molecular formula is C45H61BrK2N2O7. The molecule has 9 nitrogen and oxygen atoms in total. The molecule has 0 radical (unpaired) electrons. The van der Waals surface area contributed by atoms with Crippen LogP contribution in [0.1, 0.15) is 112 Å². The second kappa shape index (κ2) is 38.8. The minimum Gasteiger partial charge on any atom is -1.00 e. The van der Waals surface area contributed by atoms with Crippen LogP contribution in [-0.4, -0.2) is 50.3 Å². The van der Waals surface area contributed by atoms with Crippen LogP contribution in [-0.2, 0) is 21.6 Å². The molecule has 302 valence electrons. The van der Waals surface area contributed by atoms with E-state index < -0.39 is 0 Å². The molecule has 0 unspecified atom stereocenters. The molecule has 0 aliphatic carbocycles. The number of anilines is 2. The van der Waals surface area contributed by atoms with Gasteiger partial charge >= 0.3 is 103 Å². The smallest absolute Gasteiger partial charge is 1.00 e. The van der Waals surface area contributed by atoms with Crippen molar-refractivity contribution in [2.24, 2.45) is 0 Å². The second-order valence-electron chi connectivity index (χ2n) is 12.7. The van der Waals surface area contributed by atoms with Crippen molar-refractivity contribution >= 4 is 46.3 Å². The summed E-state index contributed by atoms with van der Waals surface area (Å²) in [4.78, 5) is 38.0. The molecule has 0 saturated carbocycles. The molecule has 0 amide bonds. The van der Waals surface area contributed by atoms with E-state index in [2.05, 4.69) is 70.4 Å². The molecule has 0 aromatic heterocycles. The minimum atomic E-state index is -0.181. The van der Waals surface area contributed by atoms with Crippen LogP contribution in [0.4, 0.5) is 11.4 Å². The van der Waals surface area contributed by atoms with Crippen LogP contribution in [0, 0.1) is 0 Å². The Kier molecular flexibility index (Phi) is 39.3. The van der Waals surface area contributed by atoms with E-state index in [-0.39, 0.29) is 116 Å². The summed E-state index contributed by atoms with van der Waals surface area (Å²) < 4.78 is 5.96. The summed E-state index contributed by atoms with van der Waals surface area (Å²) in [7, 11) is 0. The van der Waals surface area contributed by atoms with Gasteiger partial charge in [0, 0.05) is 55.0 Å². The third-order valence-electron chi connectivity index (χ3n) is 8.40. The third-order valence-corrected chi connectivity index (χ3v) is 9.04. The number of ether oxygens (including phenoxy) is 1. The third kappa shape index (κ3) is 25.7. The maximum atomic E-state index is 11.4. The van der Waals surface area contributed by atoms with E-state index in [1.807, 2.05) is 72.8 Å². The predicted molar refractivity (Wildman–Crippen MR) is 227 cm³/mol. The van der Waals surface area contributed by atoms with Crippen molar-refractivity contribution in [3.8, 4) is 11.5 Å². The predicted octanol–water partition coefficient (Wildman–Crippen LogP) is 4.23. The average Bonchev–Trinajstić information content (AvgIpc) is 3.24. The molecule has 0 aliphatic heterocycles. The van der Waals surface area contributed by atoms with Crippen LogP contribution in [0.25, 0.3) is 0 Å². The normalized spacial score (nSPS) is 9.51. The summed E-state index contributed by atoms with van der Waals surface area (Å²) in [5.74, 6) is 0.731. The zero-order valence-electron chi connectivity index (χ0n) is 36.0. The van der Waals surface area contributed by atoms with Gasteiger partial charge < -0.3 is 31.2 Å². The minimum absolute atomic E-state index is 0. The first-order valence-corrected chi connectivity index (χ1v) is 20.3. The number of halogens is 1. The molecule has 4 aromatic rings. The Bertz CT molecular complexity index is 1580. The van der Waals surface area contributed by atoms with Crippen molar-refractivity contribution < 1.29 is 139 Å². The van der Waals surface area contributed by atoms with Gasteiger partial charge in [0.15, 0.2) is 12.6 Å². The van der Waals surface area contributed by atoms with Crippen molar-refractivity contribution in [3.05, 3.63) is 119 Å². The molecule has 0 aliphatic rings. The van der Waals surface area contributed by atoms with Crippen LogP contribution in [0.3, 0.4) is 0 Å². The van der Waals surface area contributed by atoms with Crippen molar-refractivity contribution in [2.75, 3.05) is 36.0 Å². The van der Waals surface area contributed by atoms with E-state index in [0.717, 1.165) is 80.4 Å². The number of rotatable bonds is 21. The van der Waals surface area contributed by atoms with E-state index in [9.17, 15) is 14.7 Å². The van der Waals surface area contributed by atoms with E-state index in [1.54, 1.807) is 12.1 Å². The second-order valence-corrected chi connectivity index (χ2v) is 13.2. The number of nitrogens with zero attached hydrogens (tertiary/aromatic N) is 2. The Morgan fingerprint density at radius 3 is 1.39 bits per heavy atom. The van der Waals surface area contributed by atoms with Crippen molar-refractivity contribution in [1.29, 1.82) is 0 Å². The number of phenols is 1. The molecule has 4 rings (SSSR count). The fourth-order valence-corrected chi connectivity index (χ4v) is 5.58. The molecule has 4 aromatic carbocycles. The quantitative estimate of drug-likeness (QED) is 0.0431. The summed E-state index contributed by atoms with van der Waals surface area (Å²) >= 11 is 3.36. The maximum absolute atomic E-state index is 11.4. The standard InChI is InChI=1S/C22H29NO2.C15H23NO2.C7H7Br.CH2O3.2K.H/c1-3-5-14-23(15-6-4-2)21-13-12-20(17-24)22(16-21)25-18-19-10-8-7-9-11-19;1-3-5-9-16(10-6-4-2)14-8-7-13(12-17)15(18)11-14;8-6-7-4-2-1-3-5-7;2-1-4-3;;;/h7-13,16-17H,3-6,14-15,18H2,1-2H3;7-8,11-12,18H,3-6,9-10H2,1-2H3;1-5H,6H2;1,3H;;;/q;;;;2*+1;-1/p-1. The zero-order valence-corrected chi connectivity index (χ0v) is 42.9. The van der Waals surface area contributed by atoms with Gasteiger partial charge in [0.2, 0.25) is 0 Å². The maximum Gasteiger partial charge on any atom is 1.00 e. The molecule has 0 spiro atoms. The molecule has 12 heteroatoms. The monoisotopic (exact) mass is 898 g/mol. The largest absolute Gasteiger partial charge is 1.00 e. The fraction of sp³-hybridized carbons (Fsp3) is 0.400. The van der Waals surface area contributed by atoms with Gasteiger partial charge in [0.1, 0.15) is 18.1 Å². The summed E-state index contributed by atoms with van der Waals surface area (Å²) in [5.41, 5.74) is 5.51. The number of aldehydes is 2. The van der Waals surface area contributed by atoms with Crippen LogP contribution in [0.2, 0.25) is 0 Å². The van der Waals surface area contributed by atoms with Crippen LogP contribution < -0.4 is 123 Å².